The quantitative estimate of drug-likeness (QED) is 0.217. The van der Waals surface area contributed by atoms with Gasteiger partial charge in [0.15, 0.2) is 11.5 Å². The van der Waals surface area contributed by atoms with Gasteiger partial charge in [-0.1, -0.05) is 30.3 Å². The average molecular weight is 677 g/mol. The zero-order valence-corrected chi connectivity index (χ0v) is 29.1. The molecule has 3 unspecified atom stereocenters. The molecule has 0 aliphatic carbocycles. The first-order chi connectivity index (χ1) is 22.2. The van der Waals surface area contributed by atoms with Crippen molar-refractivity contribution in [2.75, 3.05) is 47.1 Å². The van der Waals surface area contributed by atoms with Crippen molar-refractivity contribution >= 4 is 29.3 Å². The number of urea groups is 1. The molecule has 3 rings (SSSR count). The summed E-state index contributed by atoms with van der Waals surface area (Å²) in [5.41, 5.74) is 0.374. The number of likely N-dealkylation sites (tertiary alicyclic amines) is 1. The maximum absolute atomic E-state index is 14.0. The van der Waals surface area contributed by atoms with Crippen LogP contribution in [0.15, 0.2) is 48.5 Å². The van der Waals surface area contributed by atoms with Gasteiger partial charge in [-0.05, 0) is 58.4 Å². The van der Waals surface area contributed by atoms with Crippen molar-refractivity contribution in [3.05, 3.63) is 59.7 Å². The highest BCUT2D eigenvalue weighted by atomic mass is 32.2. The Bertz CT molecular complexity index is 1370. The van der Waals surface area contributed by atoms with E-state index in [0.717, 1.165) is 9.87 Å². The summed E-state index contributed by atoms with van der Waals surface area (Å²) in [4.78, 5) is 43.6. The van der Waals surface area contributed by atoms with E-state index in [9.17, 15) is 23.1 Å². The van der Waals surface area contributed by atoms with Crippen LogP contribution in [0.2, 0.25) is 0 Å². The zero-order valence-electron chi connectivity index (χ0n) is 28.3. The van der Waals surface area contributed by atoms with E-state index in [1.165, 1.54) is 12.0 Å². The van der Waals surface area contributed by atoms with Gasteiger partial charge in [-0.15, -0.1) is 0 Å². The molecular weight excluding hydrogens is 628 g/mol. The van der Waals surface area contributed by atoms with Crippen LogP contribution < -0.4 is 14.8 Å². The first-order valence-corrected chi connectivity index (χ1v) is 16.6. The Kier molecular flexibility index (Phi) is 13.8. The molecule has 13 nitrogen and oxygen atoms in total. The van der Waals surface area contributed by atoms with E-state index >= 15 is 0 Å². The minimum atomic E-state index is -2.73. The number of rotatable bonds is 14. The summed E-state index contributed by atoms with van der Waals surface area (Å²) in [7, 11) is 3.12. The Morgan fingerprint density at radius 1 is 1.04 bits per heavy atom. The van der Waals surface area contributed by atoms with Gasteiger partial charge in [0.2, 0.25) is 0 Å². The smallest absolute Gasteiger partial charge is 0.410 e. The number of benzene rings is 2. The normalized spacial score (nSPS) is 16.8. The van der Waals surface area contributed by atoms with Gasteiger partial charge in [-0.3, -0.25) is 9.35 Å². The molecule has 3 atom stereocenters. The standard InChI is InChI=1S/C33H48N4O9S/c1-23(2)36(30(38)25-14-15-28(44-7)29(18-25)45-17-11-16-43-6)21-26-20-35(32(40)46-33(3,4)5)22-27(26)37(47(41)42)31(39)34-19-24-12-9-8-10-13-24/h8-10,12-15,18,23,26-27H,11,16-17,19-22H2,1-7H3,(H,34,39)(H,41,42). The molecule has 14 heteroatoms. The van der Waals surface area contributed by atoms with Crippen molar-refractivity contribution in [3.63, 3.8) is 0 Å². The minimum Gasteiger partial charge on any atom is -0.493 e. The van der Waals surface area contributed by atoms with Crippen molar-refractivity contribution in [1.82, 2.24) is 19.4 Å². The molecule has 47 heavy (non-hydrogen) atoms. The van der Waals surface area contributed by atoms with E-state index in [1.807, 2.05) is 44.2 Å². The number of carbonyl (C=O) groups excluding carboxylic acids is 3. The first kappa shape index (κ1) is 37.6. The van der Waals surface area contributed by atoms with Crippen LogP contribution in [-0.4, -0.2) is 106 Å². The number of ether oxygens (including phenoxy) is 4. The van der Waals surface area contributed by atoms with Crippen molar-refractivity contribution in [2.24, 2.45) is 5.92 Å². The molecule has 2 N–H and O–H groups in total. The summed E-state index contributed by atoms with van der Waals surface area (Å²) in [5.74, 6) is -0.0223. The third-order valence-electron chi connectivity index (χ3n) is 7.49. The summed E-state index contributed by atoms with van der Waals surface area (Å²) >= 11 is -2.73. The number of methoxy groups -OCH3 is 2. The van der Waals surface area contributed by atoms with Gasteiger partial charge in [0.25, 0.3) is 17.2 Å². The molecule has 1 fully saturated rings. The van der Waals surface area contributed by atoms with E-state index in [2.05, 4.69) is 5.32 Å². The average Bonchev–Trinajstić information content (AvgIpc) is 3.43. The second kappa shape index (κ2) is 17.3. The second-order valence-electron chi connectivity index (χ2n) is 12.5. The van der Waals surface area contributed by atoms with Gasteiger partial charge in [0, 0.05) is 63.8 Å². The molecule has 0 saturated carbocycles. The van der Waals surface area contributed by atoms with Gasteiger partial charge >= 0.3 is 12.1 Å². The molecule has 2 aromatic carbocycles. The maximum Gasteiger partial charge on any atom is 0.410 e. The molecule has 0 aromatic heterocycles. The minimum absolute atomic E-state index is 0.0627. The van der Waals surface area contributed by atoms with Crippen LogP contribution in [0, 0.1) is 5.92 Å². The summed E-state index contributed by atoms with van der Waals surface area (Å²) in [6.45, 7) is 10.1. The van der Waals surface area contributed by atoms with Crippen LogP contribution in [-0.2, 0) is 27.3 Å². The molecule has 1 heterocycles. The van der Waals surface area contributed by atoms with Crippen molar-refractivity contribution in [1.29, 1.82) is 0 Å². The van der Waals surface area contributed by atoms with Crippen molar-refractivity contribution in [2.45, 2.75) is 65.3 Å². The number of carbonyl (C=O) groups is 3. The predicted octanol–water partition coefficient (Wildman–Crippen LogP) is 4.55. The largest absolute Gasteiger partial charge is 0.493 e. The summed E-state index contributed by atoms with van der Waals surface area (Å²) < 4.78 is 45.9. The third kappa shape index (κ3) is 10.8. The van der Waals surface area contributed by atoms with Gasteiger partial charge in [-0.25, -0.2) is 18.1 Å². The molecule has 4 amide bonds. The highest BCUT2D eigenvalue weighted by Crippen LogP contribution is 2.31. The highest BCUT2D eigenvalue weighted by molar-refractivity contribution is 7.77. The predicted molar refractivity (Wildman–Crippen MR) is 178 cm³/mol. The van der Waals surface area contributed by atoms with Crippen LogP contribution in [0.3, 0.4) is 0 Å². The van der Waals surface area contributed by atoms with E-state index in [-0.39, 0.29) is 38.1 Å². The molecular formula is C33H48N4O9S. The van der Waals surface area contributed by atoms with Crippen LogP contribution >= 0.6 is 0 Å². The van der Waals surface area contributed by atoms with Crippen molar-refractivity contribution < 1.29 is 42.1 Å². The van der Waals surface area contributed by atoms with Crippen LogP contribution in [0.1, 0.15) is 57.0 Å². The fourth-order valence-electron chi connectivity index (χ4n) is 5.22. The Balaban J connectivity index is 1.90. The number of amides is 4. The Morgan fingerprint density at radius 3 is 2.34 bits per heavy atom. The monoisotopic (exact) mass is 676 g/mol. The molecule has 2 aromatic rings. The van der Waals surface area contributed by atoms with Gasteiger partial charge in [0.05, 0.1) is 19.8 Å². The third-order valence-corrected chi connectivity index (χ3v) is 8.26. The number of hydrogen-bond acceptors (Lipinski definition) is 8. The summed E-state index contributed by atoms with van der Waals surface area (Å²) in [6.07, 6.45) is 0.0284. The molecule has 1 aliphatic heterocycles. The lowest BCUT2D eigenvalue weighted by molar-refractivity contribution is 0.0281. The first-order valence-electron chi connectivity index (χ1n) is 15.6. The summed E-state index contributed by atoms with van der Waals surface area (Å²) in [6, 6.07) is 12.1. The Morgan fingerprint density at radius 2 is 1.74 bits per heavy atom. The second-order valence-corrected chi connectivity index (χ2v) is 13.4. The summed E-state index contributed by atoms with van der Waals surface area (Å²) in [5, 5.41) is 2.71. The molecule has 0 spiro atoms. The van der Waals surface area contributed by atoms with Crippen LogP contribution in [0.5, 0.6) is 11.5 Å². The van der Waals surface area contributed by atoms with E-state index < -0.39 is 41.0 Å². The SMILES string of the molecule is COCCCOc1cc(C(=O)N(CC2CN(C(=O)OC(C)(C)C)CC2N(C(=O)NCc2ccccc2)S(=O)O)C(C)C)ccc1OC. The number of nitrogens with zero attached hydrogens (tertiary/aromatic N) is 3. The maximum atomic E-state index is 14.0. The Hall–Kier alpha value is -3.88. The van der Waals surface area contributed by atoms with Gasteiger partial charge in [0.1, 0.15) is 5.60 Å². The Labute approximate surface area is 279 Å². The molecule has 1 saturated heterocycles. The molecule has 1 aliphatic rings. The van der Waals surface area contributed by atoms with Gasteiger partial charge < -0.3 is 34.1 Å². The number of hydrogen-bond donors (Lipinski definition) is 2. The lowest BCUT2D eigenvalue weighted by Crippen LogP contribution is -2.52. The van der Waals surface area contributed by atoms with E-state index in [0.29, 0.717) is 36.7 Å². The fraction of sp³-hybridized carbons (Fsp3) is 0.545. The highest BCUT2D eigenvalue weighted by Gasteiger charge is 2.45. The van der Waals surface area contributed by atoms with Crippen LogP contribution in [0.25, 0.3) is 0 Å². The molecule has 0 radical (unpaired) electrons. The lowest BCUT2D eigenvalue weighted by atomic mass is 10.0. The van der Waals surface area contributed by atoms with Gasteiger partial charge in [-0.2, -0.15) is 0 Å². The number of nitrogens with one attached hydrogen (secondary N) is 1. The topological polar surface area (TPSA) is 147 Å². The van der Waals surface area contributed by atoms with Crippen molar-refractivity contribution in [3.8, 4) is 11.5 Å². The fourth-order valence-corrected chi connectivity index (χ4v) is 5.90. The van der Waals surface area contributed by atoms with E-state index in [4.69, 9.17) is 18.9 Å². The van der Waals surface area contributed by atoms with Crippen LogP contribution in [0.4, 0.5) is 9.59 Å². The lowest BCUT2D eigenvalue weighted by Gasteiger charge is -2.34. The van der Waals surface area contributed by atoms with E-state index in [1.54, 1.807) is 51.0 Å². The molecule has 260 valence electrons. The molecule has 0 bridgehead atoms. The zero-order chi connectivity index (χ0) is 34.7.